The van der Waals surface area contributed by atoms with Crippen molar-refractivity contribution in [1.82, 2.24) is 0 Å². The molecule has 0 unspecified atom stereocenters. The van der Waals surface area contributed by atoms with Gasteiger partial charge in [-0.05, 0) is 63.9 Å². The monoisotopic (exact) mass is 448 g/mol. The molecule has 29 heavy (non-hydrogen) atoms. The summed E-state index contributed by atoms with van der Waals surface area (Å²) in [7, 11) is 0. The number of aryl methyl sites for hydroxylation is 1. The number of alkyl halides is 1. The van der Waals surface area contributed by atoms with Gasteiger partial charge in [-0.15, -0.1) is 22.9 Å². The highest BCUT2D eigenvalue weighted by Gasteiger charge is 2.39. The Bertz CT molecular complexity index is 693. The molecule has 4 N–H and O–H groups in total. The third-order valence-corrected chi connectivity index (χ3v) is 7.10. The van der Waals surface area contributed by atoms with Gasteiger partial charge in [-0.1, -0.05) is 12.2 Å². The molecule has 5 nitrogen and oxygen atoms in total. The van der Waals surface area contributed by atoms with Crippen LogP contribution in [-0.4, -0.2) is 50.1 Å². The van der Waals surface area contributed by atoms with Crippen LogP contribution in [0.25, 0.3) is 0 Å². The molecule has 1 fully saturated rings. The second-order valence-corrected chi connectivity index (χ2v) is 9.58. The van der Waals surface area contributed by atoms with Crippen LogP contribution in [0.15, 0.2) is 18.2 Å². The molecule has 0 aromatic carbocycles. The van der Waals surface area contributed by atoms with E-state index in [4.69, 9.17) is 16.7 Å². The van der Waals surface area contributed by atoms with Crippen molar-refractivity contribution >= 4 is 28.9 Å². The van der Waals surface area contributed by atoms with E-state index in [1.807, 2.05) is 6.08 Å². The normalized spacial score (nSPS) is 26.8. The molecule has 0 aliphatic heterocycles. The van der Waals surface area contributed by atoms with Crippen molar-refractivity contribution < 1.29 is 29.6 Å². The zero-order valence-corrected chi connectivity index (χ0v) is 18.1. The summed E-state index contributed by atoms with van der Waals surface area (Å²) in [5.41, 5.74) is 0. The number of halogens is 2. The van der Waals surface area contributed by atoms with Gasteiger partial charge in [0.2, 0.25) is 0 Å². The number of carboxylic acid groups (broad SMARTS) is 1. The Kier molecular flexibility index (Phi) is 9.56. The van der Waals surface area contributed by atoms with E-state index >= 15 is 0 Å². The molecule has 1 aromatic rings. The van der Waals surface area contributed by atoms with E-state index in [1.54, 1.807) is 13.0 Å². The molecule has 0 radical (unpaired) electrons. The van der Waals surface area contributed by atoms with Gasteiger partial charge in [-0.2, -0.15) is 0 Å². The number of thiophene rings is 1. The van der Waals surface area contributed by atoms with Gasteiger partial charge in [-0.3, -0.25) is 0 Å². The minimum absolute atomic E-state index is 0.0383. The van der Waals surface area contributed by atoms with Gasteiger partial charge in [0.15, 0.2) is 0 Å². The molecule has 1 heterocycles. The zero-order valence-electron chi connectivity index (χ0n) is 16.5. The molecule has 164 valence electrons. The molecule has 1 aliphatic rings. The van der Waals surface area contributed by atoms with Crippen LogP contribution in [0, 0.1) is 17.7 Å². The van der Waals surface area contributed by atoms with Crippen molar-refractivity contribution in [2.45, 2.75) is 75.6 Å². The van der Waals surface area contributed by atoms with Crippen LogP contribution in [0.4, 0.5) is 4.39 Å². The topological polar surface area (TPSA) is 98.0 Å². The van der Waals surface area contributed by atoms with Crippen LogP contribution < -0.4 is 0 Å². The second-order valence-electron chi connectivity index (χ2n) is 7.88. The summed E-state index contributed by atoms with van der Waals surface area (Å²) in [4.78, 5) is 11.4. The van der Waals surface area contributed by atoms with Crippen LogP contribution >= 0.6 is 22.9 Å². The first-order valence-electron chi connectivity index (χ1n) is 10.1. The molecule has 6 atom stereocenters. The first kappa shape index (κ1) is 24.3. The number of hydrogen-bond acceptors (Lipinski definition) is 5. The summed E-state index contributed by atoms with van der Waals surface area (Å²) in [5.74, 6) is -2.07. The molecule has 2 rings (SSSR count). The molecule has 0 amide bonds. The lowest BCUT2D eigenvalue weighted by molar-refractivity contribution is 0.0697. The third kappa shape index (κ3) is 7.33. The fraction of sp³-hybridized carbons (Fsp3) is 0.667. The standard InChI is InChI=1S/C21H30ClFO5S/c1-12(24)4-2-5-13(25)8-9-16-15(17(22)11-19(16)26)7-3-6-14-10-18(23)20(29-14)21(27)28/h8-10,12-13,15-17,19,24-26H,2-7,11H2,1H3,(H,27,28)/t12-,13+,15-,16-,17-,19-/m1/s1. The van der Waals surface area contributed by atoms with Gasteiger partial charge in [0.05, 0.1) is 18.3 Å². The van der Waals surface area contributed by atoms with Gasteiger partial charge in [0.25, 0.3) is 0 Å². The number of carbonyl (C=O) groups is 1. The van der Waals surface area contributed by atoms with Crippen LogP contribution in [0.2, 0.25) is 0 Å². The van der Waals surface area contributed by atoms with Crippen molar-refractivity contribution in [3.05, 3.63) is 33.8 Å². The Morgan fingerprint density at radius 2 is 2.10 bits per heavy atom. The fourth-order valence-corrected chi connectivity index (χ4v) is 5.30. The molecule has 0 spiro atoms. The molecule has 1 aromatic heterocycles. The molecule has 1 saturated carbocycles. The number of hydrogen-bond donors (Lipinski definition) is 4. The minimum Gasteiger partial charge on any atom is -0.477 e. The Morgan fingerprint density at radius 1 is 1.38 bits per heavy atom. The number of aliphatic hydroxyl groups is 3. The Morgan fingerprint density at radius 3 is 2.72 bits per heavy atom. The van der Waals surface area contributed by atoms with Crippen LogP contribution in [0.1, 0.15) is 60.0 Å². The number of carboxylic acids is 1. The van der Waals surface area contributed by atoms with Crippen molar-refractivity contribution in [3.63, 3.8) is 0 Å². The number of rotatable bonds is 11. The largest absolute Gasteiger partial charge is 0.477 e. The summed E-state index contributed by atoms with van der Waals surface area (Å²) < 4.78 is 13.6. The lowest BCUT2D eigenvalue weighted by Crippen LogP contribution is -2.19. The Balaban J connectivity index is 1.88. The maximum atomic E-state index is 13.6. The van der Waals surface area contributed by atoms with Crippen LogP contribution in [0.3, 0.4) is 0 Å². The minimum atomic E-state index is -1.25. The molecular weight excluding hydrogens is 419 g/mol. The highest BCUT2D eigenvalue weighted by Crippen LogP contribution is 2.40. The maximum Gasteiger partial charge on any atom is 0.348 e. The van der Waals surface area contributed by atoms with Crippen molar-refractivity contribution in [1.29, 1.82) is 0 Å². The third-order valence-electron chi connectivity index (χ3n) is 5.44. The summed E-state index contributed by atoms with van der Waals surface area (Å²) in [5, 5.41) is 38.5. The summed E-state index contributed by atoms with van der Waals surface area (Å²) in [6.07, 6.45) is 6.34. The molecule has 8 heteroatoms. The fourth-order valence-electron chi connectivity index (χ4n) is 3.91. The van der Waals surface area contributed by atoms with Gasteiger partial charge in [0.1, 0.15) is 10.7 Å². The van der Waals surface area contributed by atoms with E-state index in [1.165, 1.54) is 6.07 Å². The smallest absolute Gasteiger partial charge is 0.348 e. The Hall–Kier alpha value is -0.990. The molecular formula is C21H30ClFO5S. The average Bonchev–Trinajstić information content (AvgIpc) is 3.12. The van der Waals surface area contributed by atoms with Gasteiger partial charge < -0.3 is 20.4 Å². The maximum absolute atomic E-state index is 13.6. The van der Waals surface area contributed by atoms with E-state index in [0.717, 1.165) is 17.8 Å². The lowest BCUT2D eigenvalue weighted by Gasteiger charge is -2.21. The van der Waals surface area contributed by atoms with Crippen LogP contribution in [0.5, 0.6) is 0 Å². The van der Waals surface area contributed by atoms with Crippen molar-refractivity contribution in [3.8, 4) is 0 Å². The van der Waals surface area contributed by atoms with Crippen molar-refractivity contribution in [2.75, 3.05) is 0 Å². The highest BCUT2D eigenvalue weighted by atomic mass is 35.5. The first-order chi connectivity index (χ1) is 13.7. The molecule has 0 saturated heterocycles. The first-order valence-corrected chi connectivity index (χ1v) is 11.3. The van der Waals surface area contributed by atoms with E-state index in [2.05, 4.69) is 0 Å². The number of aromatic carboxylic acids is 1. The average molecular weight is 449 g/mol. The van der Waals surface area contributed by atoms with Gasteiger partial charge >= 0.3 is 5.97 Å². The summed E-state index contributed by atoms with van der Waals surface area (Å²) in [6.45, 7) is 1.72. The second kappa shape index (κ2) is 11.4. The summed E-state index contributed by atoms with van der Waals surface area (Å²) in [6, 6.07) is 1.27. The van der Waals surface area contributed by atoms with Gasteiger partial charge in [0, 0.05) is 16.2 Å². The highest BCUT2D eigenvalue weighted by molar-refractivity contribution is 7.13. The quantitative estimate of drug-likeness (QED) is 0.303. The lowest BCUT2D eigenvalue weighted by atomic mass is 9.89. The van der Waals surface area contributed by atoms with Gasteiger partial charge in [-0.25, -0.2) is 9.18 Å². The van der Waals surface area contributed by atoms with E-state index < -0.39 is 24.0 Å². The van der Waals surface area contributed by atoms with Crippen molar-refractivity contribution in [2.24, 2.45) is 11.8 Å². The van der Waals surface area contributed by atoms with E-state index in [9.17, 15) is 24.5 Å². The summed E-state index contributed by atoms with van der Waals surface area (Å²) >= 11 is 7.39. The van der Waals surface area contributed by atoms with Crippen LogP contribution in [-0.2, 0) is 6.42 Å². The predicted molar refractivity (Wildman–Crippen MR) is 112 cm³/mol. The zero-order chi connectivity index (χ0) is 21.6. The van der Waals surface area contributed by atoms with E-state index in [-0.39, 0.29) is 28.2 Å². The van der Waals surface area contributed by atoms with E-state index in [0.29, 0.717) is 43.4 Å². The Labute approximate surface area is 179 Å². The number of aliphatic hydroxyl groups excluding tert-OH is 3. The molecule has 0 bridgehead atoms. The predicted octanol–water partition coefficient (Wildman–Crippen LogP) is 3.98. The SMILES string of the molecule is C[C@@H](O)CCC[C@H](O)C=C[C@@H]1[C@@H](CCCc2cc(F)c(C(=O)O)s2)[C@H](Cl)C[C@H]1O. The molecule has 1 aliphatic carbocycles.